The van der Waals surface area contributed by atoms with E-state index in [4.69, 9.17) is 25.3 Å². The third kappa shape index (κ3) is 11.5. The van der Waals surface area contributed by atoms with Gasteiger partial charge >= 0.3 is 6.09 Å². The summed E-state index contributed by atoms with van der Waals surface area (Å²) in [7, 11) is -1.18. The summed E-state index contributed by atoms with van der Waals surface area (Å²) in [5.74, 6) is -0.244. The number of ether oxygens (including phenoxy) is 1. The highest BCUT2D eigenvalue weighted by Gasteiger charge is 2.17. The number of nitrogens with two attached hydrogens (primary N) is 2. The molecule has 0 aromatic carbocycles. The summed E-state index contributed by atoms with van der Waals surface area (Å²) < 4.78 is 16.0. The lowest BCUT2D eigenvalue weighted by molar-refractivity contribution is -0.115. The Morgan fingerprint density at radius 2 is 1.69 bits per heavy atom. The van der Waals surface area contributed by atoms with Crippen molar-refractivity contribution in [2.75, 3.05) is 31.2 Å². The van der Waals surface area contributed by atoms with Gasteiger partial charge in [0.2, 0.25) is 5.91 Å². The summed E-state index contributed by atoms with van der Waals surface area (Å²) in [6.07, 6.45) is 2.27. The zero-order valence-corrected chi connectivity index (χ0v) is 19.8. The fourth-order valence-corrected chi connectivity index (χ4v) is 3.10. The van der Waals surface area contributed by atoms with E-state index in [0.717, 1.165) is 0 Å². The lowest BCUT2D eigenvalue weighted by Crippen LogP contribution is -2.37. The minimum Gasteiger partial charge on any atom is -0.444 e. The van der Waals surface area contributed by atoms with Gasteiger partial charge in [-0.2, -0.15) is 0 Å². The lowest BCUT2D eigenvalue weighted by atomic mass is 10.2. The molecule has 1 heterocycles. The van der Waals surface area contributed by atoms with Gasteiger partial charge < -0.3 is 35.9 Å². The maximum Gasteiger partial charge on any atom is 0.408 e. The number of hydrogen-bond donors (Lipinski definition) is 4. The number of hydrogen-bond acceptors (Lipinski definition) is 9. The van der Waals surface area contributed by atoms with Crippen molar-refractivity contribution < 1.29 is 23.4 Å². The molecule has 1 rings (SSSR count). The number of anilines is 1. The van der Waals surface area contributed by atoms with Crippen molar-refractivity contribution in [2.45, 2.75) is 40.2 Å². The highest BCUT2D eigenvalue weighted by Crippen LogP contribution is 2.37. The highest BCUT2D eigenvalue weighted by atomic mass is 31.2. The van der Waals surface area contributed by atoms with Gasteiger partial charge in [0.1, 0.15) is 18.0 Å². The Balaban J connectivity index is 2.61. The van der Waals surface area contributed by atoms with Crippen LogP contribution in [0.25, 0.3) is 0 Å². The van der Waals surface area contributed by atoms with E-state index in [9.17, 15) is 9.59 Å². The average molecular weight is 470 g/mol. The summed E-state index contributed by atoms with van der Waals surface area (Å²) in [5.41, 5.74) is 11.3. The molecule has 0 aliphatic heterocycles. The highest BCUT2D eigenvalue weighted by molar-refractivity contribution is 7.48. The first-order valence-electron chi connectivity index (χ1n) is 9.82. The van der Waals surface area contributed by atoms with Crippen LogP contribution >= 0.6 is 8.38 Å². The molecule has 0 bridgehead atoms. The van der Waals surface area contributed by atoms with Crippen LogP contribution in [0.3, 0.4) is 0 Å². The first-order valence-corrected chi connectivity index (χ1v) is 11.2. The van der Waals surface area contributed by atoms with E-state index >= 15 is 0 Å². The molecule has 13 nitrogen and oxygen atoms in total. The van der Waals surface area contributed by atoms with E-state index in [2.05, 4.69) is 30.8 Å². The number of rotatable bonds is 11. The van der Waals surface area contributed by atoms with Crippen molar-refractivity contribution >= 4 is 37.7 Å². The molecule has 0 spiro atoms. The van der Waals surface area contributed by atoms with E-state index < -0.39 is 26.0 Å². The second kappa shape index (κ2) is 13.5. The number of nitrogens with one attached hydrogen (secondary N) is 2. The maximum absolute atomic E-state index is 11.9. The molecule has 1 aromatic heterocycles. The molecule has 0 radical (unpaired) electrons. The van der Waals surface area contributed by atoms with Crippen LogP contribution in [-0.2, 0) is 18.6 Å². The van der Waals surface area contributed by atoms with Gasteiger partial charge in [0.25, 0.3) is 0 Å². The lowest BCUT2D eigenvalue weighted by Gasteiger charge is -2.19. The summed E-state index contributed by atoms with van der Waals surface area (Å²) in [5, 5.41) is 12.6. The van der Waals surface area contributed by atoms with E-state index in [1.165, 1.54) is 12.4 Å². The van der Waals surface area contributed by atoms with Crippen molar-refractivity contribution in [1.82, 2.24) is 15.3 Å². The Morgan fingerprint density at radius 1 is 1.09 bits per heavy atom. The molecule has 0 atom stereocenters. The van der Waals surface area contributed by atoms with Gasteiger partial charge in [-0.1, -0.05) is 0 Å². The van der Waals surface area contributed by atoms with Gasteiger partial charge in [0, 0.05) is 0 Å². The summed E-state index contributed by atoms with van der Waals surface area (Å²) in [4.78, 5) is 31.5. The SMILES string of the molecule is CCOP(C/C(N)=N/N=C(\N)c1ncc(NC(=O)CNC(=O)OC(C)(C)C)cn1)OCC. The molecular weight excluding hydrogens is 439 g/mol. The molecule has 0 aliphatic rings. The summed E-state index contributed by atoms with van der Waals surface area (Å²) in [6.45, 7) is 9.60. The van der Waals surface area contributed by atoms with Crippen LogP contribution in [0.1, 0.15) is 40.4 Å². The quantitative estimate of drug-likeness (QED) is 0.160. The van der Waals surface area contributed by atoms with E-state index in [0.29, 0.717) is 18.9 Å². The molecule has 6 N–H and O–H groups in total. The number of nitrogens with zero attached hydrogens (tertiary/aromatic N) is 4. The van der Waals surface area contributed by atoms with Crippen molar-refractivity contribution in [3.8, 4) is 0 Å². The van der Waals surface area contributed by atoms with Gasteiger partial charge in [0.15, 0.2) is 20.0 Å². The first-order chi connectivity index (χ1) is 15.0. The number of amidine groups is 2. The average Bonchev–Trinajstić information content (AvgIpc) is 2.70. The topological polar surface area (TPSA) is 188 Å². The maximum atomic E-state index is 11.9. The number of aromatic nitrogens is 2. The standard InChI is InChI=1S/C18H31N8O5P/c1-6-29-32(30-7-2)11-13(19)25-26-15(20)16-21-8-12(9-22-16)24-14(27)10-23-17(28)31-18(3,4)5/h8-9H,6-7,10-11H2,1-5H3,(H2,19,25)(H2,20,26)(H,23,28)(H,24,27). The molecule has 32 heavy (non-hydrogen) atoms. The van der Waals surface area contributed by atoms with Crippen LogP contribution in [-0.4, -0.2) is 65.2 Å². The Bertz CT molecular complexity index is 805. The molecule has 0 aliphatic carbocycles. The van der Waals surface area contributed by atoms with Crippen molar-refractivity contribution in [3.63, 3.8) is 0 Å². The summed E-state index contributed by atoms with van der Waals surface area (Å²) in [6, 6.07) is 0. The van der Waals surface area contributed by atoms with Crippen molar-refractivity contribution in [1.29, 1.82) is 0 Å². The predicted octanol–water partition coefficient (Wildman–Crippen LogP) is 1.30. The van der Waals surface area contributed by atoms with Gasteiger partial charge in [-0.3, -0.25) is 4.79 Å². The number of alkyl carbamates (subject to hydrolysis) is 1. The molecule has 2 amide bonds. The molecular formula is C18H31N8O5P. The molecule has 0 unspecified atom stereocenters. The number of amides is 2. The van der Waals surface area contributed by atoms with E-state index in [1.807, 2.05) is 13.8 Å². The van der Waals surface area contributed by atoms with Gasteiger partial charge in [-0.25, -0.2) is 14.8 Å². The molecule has 178 valence electrons. The van der Waals surface area contributed by atoms with Crippen LogP contribution in [0, 0.1) is 0 Å². The molecule has 0 saturated carbocycles. The Hall–Kier alpha value is -2.89. The monoisotopic (exact) mass is 470 g/mol. The third-order valence-corrected chi connectivity index (χ3v) is 4.75. The van der Waals surface area contributed by atoms with Gasteiger partial charge in [0.05, 0.1) is 37.5 Å². The Morgan fingerprint density at radius 3 is 2.22 bits per heavy atom. The molecule has 0 saturated heterocycles. The summed E-state index contributed by atoms with van der Waals surface area (Å²) >= 11 is 0. The third-order valence-electron chi connectivity index (χ3n) is 3.08. The minimum absolute atomic E-state index is 0.0606. The smallest absolute Gasteiger partial charge is 0.408 e. The molecule has 14 heteroatoms. The Labute approximate surface area is 188 Å². The number of carbonyl (C=O) groups excluding carboxylic acids is 2. The first kappa shape index (κ1) is 27.1. The van der Waals surface area contributed by atoms with Gasteiger partial charge in [-0.15, -0.1) is 10.2 Å². The van der Waals surface area contributed by atoms with Crippen LogP contribution in [0.4, 0.5) is 10.5 Å². The predicted molar refractivity (Wildman–Crippen MR) is 122 cm³/mol. The van der Waals surface area contributed by atoms with Crippen LogP contribution in [0.5, 0.6) is 0 Å². The van der Waals surface area contributed by atoms with Crippen molar-refractivity contribution in [3.05, 3.63) is 18.2 Å². The van der Waals surface area contributed by atoms with E-state index in [1.54, 1.807) is 20.8 Å². The molecule has 0 fully saturated rings. The zero-order valence-electron chi connectivity index (χ0n) is 18.9. The Kier molecular flexibility index (Phi) is 11.5. The van der Waals surface area contributed by atoms with Crippen LogP contribution < -0.4 is 22.1 Å². The van der Waals surface area contributed by atoms with Crippen molar-refractivity contribution in [2.24, 2.45) is 21.7 Å². The second-order valence-corrected chi connectivity index (χ2v) is 8.60. The number of carbonyl (C=O) groups is 2. The van der Waals surface area contributed by atoms with Crippen LogP contribution in [0.2, 0.25) is 0 Å². The largest absolute Gasteiger partial charge is 0.444 e. The minimum atomic E-state index is -1.18. The molecule has 1 aromatic rings. The zero-order chi connectivity index (χ0) is 24.1. The fraction of sp³-hybridized carbons (Fsp3) is 0.556. The fourth-order valence-electron chi connectivity index (χ4n) is 1.94. The second-order valence-electron chi connectivity index (χ2n) is 7.10. The normalized spacial score (nSPS) is 12.6. The van der Waals surface area contributed by atoms with Crippen LogP contribution in [0.15, 0.2) is 22.6 Å². The van der Waals surface area contributed by atoms with E-state index in [-0.39, 0.29) is 30.2 Å². The van der Waals surface area contributed by atoms with Gasteiger partial charge in [-0.05, 0) is 34.6 Å².